The molecule has 3 rings (SSSR count). The third-order valence-electron chi connectivity index (χ3n) is 3.46. The van der Waals surface area contributed by atoms with Crippen LogP contribution in [0.15, 0.2) is 55.0 Å². The molecule has 0 aliphatic heterocycles. The van der Waals surface area contributed by atoms with E-state index in [0.29, 0.717) is 29.9 Å². The van der Waals surface area contributed by atoms with Gasteiger partial charge >= 0.3 is 0 Å². The summed E-state index contributed by atoms with van der Waals surface area (Å²) in [6.07, 6.45) is 5.68. The Morgan fingerprint density at radius 3 is 2.56 bits per heavy atom. The van der Waals surface area contributed by atoms with Crippen molar-refractivity contribution in [2.75, 3.05) is 11.9 Å². The summed E-state index contributed by atoms with van der Waals surface area (Å²) >= 11 is 0. The van der Waals surface area contributed by atoms with E-state index in [1.165, 1.54) is 0 Å². The first kappa shape index (κ1) is 18.3. The van der Waals surface area contributed by atoms with Crippen molar-refractivity contribution in [3.63, 3.8) is 0 Å². The van der Waals surface area contributed by atoms with Gasteiger partial charge in [0.1, 0.15) is 11.5 Å². The second-order valence-electron chi connectivity index (χ2n) is 5.13. The maximum Gasteiger partial charge on any atom is 0.272 e. The van der Waals surface area contributed by atoms with Gasteiger partial charge in [-0.25, -0.2) is 4.98 Å². The lowest BCUT2D eigenvalue weighted by Crippen LogP contribution is -2.27. The lowest BCUT2D eigenvalue weighted by molar-refractivity contribution is 0.0955. The molecule has 7 nitrogen and oxygen atoms in total. The average Bonchev–Trinajstić information content (AvgIpc) is 3.29. The van der Waals surface area contributed by atoms with E-state index in [1.54, 1.807) is 55.0 Å². The average molecular weight is 360 g/mol. The molecule has 0 saturated heterocycles. The quantitative estimate of drug-likeness (QED) is 0.543. The van der Waals surface area contributed by atoms with Crippen molar-refractivity contribution in [1.29, 1.82) is 0 Å². The molecule has 8 heteroatoms. The summed E-state index contributed by atoms with van der Waals surface area (Å²) in [6, 6.07) is 10.3. The lowest BCUT2D eigenvalue weighted by Gasteiger charge is -2.10. The van der Waals surface area contributed by atoms with Crippen LogP contribution in [0.25, 0.3) is 0 Å². The van der Waals surface area contributed by atoms with Gasteiger partial charge < -0.3 is 20.6 Å². The van der Waals surface area contributed by atoms with Gasteiger partial charge in [-0.1, -0.05) is 12.1 Å². The zero-order valence-corrected chi connectivity index (χ0v) is 14.1. The smallest absolute Gasteiger partial charge is 0.272 e. The molecule has 2 aromatic heterocycles. The molecule has 130 valence electrons. The van der Waals surface area contributed by atoms with Crippen molar-refractivity contribution < 1.29 is 9.59 Å². The van der Waals surface area contributed by atoms with Crippen LogP contribution in [0.1, 0.15) is 26.7 Å². The Balaban J connectivity index is 0.00000225. The van der Waals surface area contributed by atoms with E-state index in [4.69, 9.17) is 0 Å². The standard InChI is InChI=1S/C17H17N5O2.ClH/c23-16(21-9-7-15-19-10-11-20-15)12-4-1-2-5-13(12)22-17(24)14-6-3-8-18-14;/h1-6,8,10-11,18H,7,9H2,(H,19,20)(H,21,23)(H,22,24);1H. The van der Waals surface area contributed by atoms with Gasteiger partial charge in [-0.2, -0.15) is 0 Å². The first-order valence-corrected chi connectivity index (χ1v) is 7.54. The Hall–Kier alpha value is -3.06. The van der Waals surface area contributed by atoms with E-state index in [-0.39, 0.29) is 24.2 Å². The van der Waals surface area contributed by atoms with Gasteiger partial charge in [-0.3, -0.25) is 9.59 Å². The molecule has 2 amide bonds. The fraction of sp³-hybridized carbons (Fsp3) is 0.118. The minimum Gasteiger partial charge on any atom is -0.357 e. The Labute approximate surface area is 150 Å². The number of imidazole rings is 1. The number of carbonyl (C=O) groups is 2. The topological polar surface area (TPSA) is 103 Å². The summed E-state index contributed by atoms with van der Waals surface area (Å²) in [5.74, 6) is 0.267. The molecular weight excluding hydrogens is 342 g/mol. The van der Waals surface area contributed by atoms with Crippen molar-refractivity contribution >= 4 is 29.9 Å². The Morgan fingerprint density at radius 2 is 1.84 bits per heavy atom. The molecular formula is C17H18ClN5O2. The molecule has 0 spiro atoms. The third kappa shape index (κ3) is 4.71. The summed E-state index contributed by atoms with van der Waals surface area (Å²) in [6.45, 7) is 0.450. The van der Waals surface area contributed by atoms with Crippen LogP contribution >= 0.6 is 12.4 Å². The van der Waals surface area contributed by atoms with E-state index in [0.717, 1.165) is 5.82 Å². The van der Waals surface area contributed by atoms with Crippen molar-refractivity contribution in [3.05, 3.63) is 72.1 Å². The van der Waals surface area contributed by atoms with Gasteiger partial charge in [0.05, 0.1) is 11.3 Å². The number of H-pyrrole nitrogens is 2. The fourth-order valence-corrected chi connectivity index (χ4v) is 2.28. The predicted octanol–water partition coefficient (Wildman–Crippen LogP) is 2.38. The Bertz CT molecular complexity index is 815. The summed E-state index contributed by atoms with van der Waals surface area (Å²) in [7, 11) is 0. The molecule has 0 aliphatic carbocycles. The summed E-state index contributed by atoms with van der Waals surface area (Å²) < 4.78 is 0. The van der Waals surface area contributed by atoms with Crippen LogP contribution in [0, 0.1) is 0 Å². The monoisotopic (exact) mass is 359 g/mol. The van der Waals surface area contributed by atoms with E-state index in [9.17, 15) is 9.59 Å². The number of para-hydroxylation sites is 1. The van der Waals surface area contributed by atoms with Crippen LogP contribution in [-0.2, 0) is 6.42 Å². The summed E-state index contributed by atoms with van der Waals surface area (Å²) in [5.41, 5.74) is 1.31. The molecule has 0 radical (unpaired) electrons. The number of aromatic amines is 2. The molecule has 0 fully saturated rings. The maximum absolute atomic E-state index is 12.4. The van der Waals surface area contributed by atoms with Crippen LogP contribution in [0.4, 0.5) is 5.69 Å². The number of benzene rings is 1. The van der Waals surface area contributed by atoms with Gasteiger partial charge in [-0.15, -0.1) is 12.4 Å². The van der Waals surface area contributed by atoms with Gasteiger partial charge in [0, 0.05) is 31.6 Å². The molecule has 3 aromatic rings. The molecule has 0 bridgehead atoms. The third-order valence-corrected chi connectivity index (χ3v) is 3.46. The highest BCUT2D eigenvalue weighted by Crippen LogP contribution is 2.16. The summed E-state index contributed by atoms with van der Waals surface area (Å²) in [5, 5.41) is 5.58. The van der Waals surface area contributed by atoms with Crippen LogP contribution in [0.2, 0.25) is 0 Å². The Kier molecular flexibility index (Phi) is 6.36. The highest BCUT2D eigenvalue weighted by molar-refractivity contribution is 6.08. The number of amides is 2. The molecule has 0 aliphatic rings. The van der Waals surface area contributed by atoms with Crippen molar-refractivity contribution in [1.82, 2.24) is 20.3 Å². The molecule has 1 aromatic carbocycles. The molecule has 0 unspecified atom stereocenters. The lowest BCUT2D eigenvalue weighted by atomic mass is 10.1. The highest BCUT2D eigenvalue weighted by Gasteiger charge is 2.14. The molecule has 4 N–H and O–H groups in total. The minimum atomic E-state index is -0.296. The molecule has 25 heavy (non-hydrogen) atoms. The van der Waals surface area contributed by atoms with Crippen LogP contribution < -0.4 is 10.6 Å². The predicted molar refractivity (Wildman–Crippen MR) is 97.1 cm³/mol. The second-order valence-corrected chi connectivity index (χ2v) is 5.13. The fourth-order valence-electron chi connectivity index (χ4n) is 2.28. The number of hydrogen-bond acceptors (Lipinski definition) is 3. The number of carbonyl (C=O) groups excluding carboxylic acids is 2. The van der Waals surface area contributed by atoms with Crippen molar-refractivity contribution in [3.8, 4) is 0 Å². The Morgan fingerprint density at radius 1 is 1.00 bits per heavy atom. The second kappa shape index (κ2) is 8.70. The van der Waals surface area contributed by atoms with E-state index in [2.05, 4.69) is 25.6 Å². The normalized spacial score (nSPS) is 9.92. The zero-order valence-electron chi connectivity index (χ0n) is 13.3. The molecule has 0 atom stereocenters. The van der Waals surface area contributed by atoms with E-state index < -0.39 is 0 Å². The van der Waals surface area contributed by atoms with Gasteiger partial charge in [-0.05, 0) is 24.3 Å². The van der Waals surface area contributed by atoms with Gasteiger partial charge in [0.25, 0.3) is 11.8 Å². The minimum absolute atomic E-state index is 0. The van der Waals surface area contributed by atoms with Crippen LogP contribution in [0.5, 0.6) is 0 Å². The SMILES string of the molecule is Cl.O=C(Nc1ccccc1C(=O)NCCc1ncc[nH]1)c1ccc[nH]1. The molecule has 0 saturated carbocycles. The molecule has 2 heterocycles. The van der Waals surface area contributed by atoms with Crippen molar-refractivity contribution in [2.45, 2.75) is 6.42 Å². The number of hydrogen-bond donors (Lipinski definition) is 4. The number of halogens is 1. The van der Waals surface area contributed by atoms with Gasteiger partial charge in [0.2, 0.25) is 0 Å². The van der Waals surface area contributed by atoms with E-state index in [1.807, 2.05) is 0 Å². The largest absolute Gasteiger partial charge is 0.357 e. The summed E-state index contributed by atoms with van der Waals surface area (Å²) in [4.78, 5) is 34.4. The number of nitrogens with one attached hydrogen (secondary N) is 4. The number of aromatic nitrogens is 3. The zero-order chi connectivity index (χ0) is 16.8. The number of anilines is 1. The van der Waals surface area contributed by atoms with E-state index >= 15 is 0 Å². The van der Waals surface area contributed by atoms with Crippen LogP contribution in [0.3, 0.4) is 0 Å². The first-order valence-electron chi connectivity index (χ1n) is 7.54. The van der Waals surface area contributed by atoms with Gasteiger partial charge in [0.15, 0.2) is 0 Å². The highest BCUT2D eigenvalue weighted by atomic mass is 35.5. The maximum atomic E-state index is 12.4. The first-order chi connectivity index (χ1) is 11.7. The number of nitrogens with zero attached hydrogens (tertiary/aromatic N) is 1. The van der Waals surface area contributed by atoms with Crippen LogP contribution in [-0.4, -0.2) is 33.3 Å². The van der Waals surface area contributed by atoms with Crippen molar-refractivity contribution in [2.24, 2.45) is 0 Å². The number of rotatable bonds is 6.